The van der Waals surface area contributed by atoms with Crippen LogP contribution < -0.4 is 10.6 Å². The molecule has 0 aromatic carbocycles. The van der Waals surface area contributed by atoms with E-state index in [1.165, 1.54) is 6.42 Å². The lowest BCUT2D eigenvalue weighted by atomic mass is 10.3. The first-order chi connectivity index (χ1) is 7.31. The molecule has 0 aliphatic heterocycles. The molecule has 0 bridgehead atoms. The van der Waals surface area contributed by atoms with Crippen molar-refractivity contribution in [2.24, 2.45) is 0 Å². The Morgan fingerprint density at radius 3 is 2.53 bits per heavy atom. The molecule has 0 heterocycles. The van der Waals surface area contributed by atoms with E-state index in [1.54, 1.807) is 7.11 Å². The Bertz CT molecular complexity index is 156. The first-order valence-corrected chi connectivity index (χ1v) is 5.80. The number of nitrogens with one attached hydrogen (secondary N) is 2. The van der Waals surface area contributed by atoms with E-state index in [-0.39, 0.29) is 0 Å². The molecule has 0 aromatic rings. The average Bonchev–Trinajstić information content (AvgIpc) is 2.23. The molecule has 0 amide bonds. The molecule has 0 aromatic heterocycles. The van der Waals surface area contributed by atoms with Gasteiger partial charge in [0.1, 0.15) is 0 Å². The monoisotopic (exact) mass is 234 g/mol. The van der Waals surface area contributed by atoms with Crippen molar-refractivity contribution in [2.45, 2.75) is 19.8 Å². The number of thiocarbonyl (C=S) groups is 1. The highest BCUT2D eigenvalue weighted by atomic mass is 32.1. The molecule has 0 atom stereocenters. The molecule has 0 aliphatic rings. The fourth-order valence-corrected chi connectivity index (χ4v) is 1.13. The van der Waals surface area contributed by atoms with E-state index in [4.69, 9.17) is 21.7 Å². The van der Waals surface area contributed by atoms with Crippen molar-refractivity contribution in [3.63, 3.8) is 0 Å². The molecule has 90 valence electrons. The molecule has 0 saturated carbocycles. The summed E-state index contributed by atoms with van der Waals surface area (Å²) in [6, 6.07) is 0. The van der Waals surface area contributed by atoms with Gasteiger partial charge in [-0.3, -0.25) is 0 Å². The number of hydrogen-bond acceptors (Lipinski definition) is 3. The zero-order valence-electron chi connectivity index (χ0n) is 9.67. The smallest absolute Gasteiger partial charge is 0.166 e. The number of unbranched alkanes of at least 4 members (excludes halogenated alkanes) is 1. The third-order valence-electron chi connectivity index (χ3n) is 1.78. The van der Waals surface area contributed by atoms with Gasteiger partial charge in [-0.25, -0.2) is 0 Å². The minimum Gasteiger partial charge on any atom is -0.382 e. The largest absolute Gasteiger partial charge is 0.382 e. The second kappa shape index (κ2) is 11.7. The van der Waals surface area contributed by atoms with E-state index >= 15 is 0 Å². The number of methoxy groups -OCH3 is 1. The highest BCUT2D eigenvalue weighted by Gasteiger charge is 1.93. The first-order valence-electron chi connectivity index (χ1n) is 5.39. The summed E-state index contributed by atoms with van der Waals surface area (Å²) in [5.41, 5.74) is 0. The molecule has 0 fully saturated rings. The van der Waals surface area contributed by atoms with Crippen molar-refractivity contribution in [1.82, 2.24) is 10.6 Å². The second-order valence-electron chi connectivity index (χ2n) is 3.14. The van der Waals surface area contributed by atoms with Gasteiger partial charge >= 0.3 is 0 Å². The van der Waals surface area contributed by atoms with Crippen molar-refractivity contribution in [1.29, 1.82) is 0 Å². The fraction of sp³-hybridized carbons (Fsp3) is 0.900. The Morgan fingerprint density at radius 2 is 1.87 bits per heavy atom. The minimum atomic E-state index is 0.633. The van der Waals surface area contributed by atoms with E-state index in [0.29, 0.717) is 24.9 Å². The van der Waals surface area contributed by atoms with E-state index in [2.05, 4.69) is 17.6 Å². The maximum atomic E-state index is 5.28. The summed E-state index contributed by atoms with van der Waals surface area (Å²) in [6.07, 6.45) is 2.32. The summed E-state index contributed by atoms with van der Waals surface area (Å²) in [5.74, 6) is 0. The van der Waals surface area contributed by atoms with Crippen LogP contribution in [0.5, 0.6) is 0 Å². The van der Waals surface area contributed by atoms with Crippen LogP contribution in [0.4, 0.5) is 0 Å². The number of ether oxygens (including phenoxy) is 2. The van der Waals surface area contributed by atoms with Crippen LogP contribution in [0.2, 0.25) is 0 Å². The van der Waals surface area contributed by atoms with E-state index < -0.39 is 0 Å². The van der Waals surface area contributed by atoms with Crippen LogP contribution in [0, 0.1) is 0 Å². The van der Waals surface area contributed by atoms with Crippen LogP contribution in [0.25, 0.3) is 0 Å². The zero-order chi connectivity index (χ0) is 11.4. The molecular formula is C10H22N2O2S. The van der Waals surface area contributed by atoms with Crippen LogP contribution in [0.15, 0.2) is 0 Å². The van der Waals surface area contributed by atoms with Crippen molar-refractivity contribution in [3.05, 3.63) is 0 Å². The van der Waals surface area contributed by atoms with Crippen LogP contribution >= 0.6 is 12.2 Å². The lowest BCUT2D eigenvalue weighted by Gasteiger charge is -2.10. The Morgan fingerprint density at radius 1 is 1.13 bits per heavy atom. The van der Waals surface area contributed by atoms with Crippen molar-refractivity contribution < 1.29 is 9.47 Å². The standard InChI is InChI=1S/C10H22N2O2S/c1-3-4-5-11-10(15)12-6-7-14-9-8-13-2/h3-9H2,1-2H3,(H2,11,12,15). The highest BCUT2D eigenvalue weighted by molar-refractivity contribution is 7.80. The minimum absolute atomic E-state index is 0.633. The normalized spacial score (nSPS) is 10.0. The van der Waals surface area contributed by atoms with E-state index in [1.807, 2.05) is 0 Å². The predicted octanol–water partition coefficient (Wildman–Crippen LogP) is 0.914. The van der Waals surface area contributed by atoms with Gasteiger partial charge in [0.05, 0.1) is 19.8 Å². The summed E-state index contributed by atoms with van der Waals surface area (Å²) < 4.78 is 10.1. The van der Waals surface area contributed by atoms with Crippen LogP contribution in [-0.4, -0.2) is 45.1 Å². The van der Waals surface area contributed by atoms with Crippen molar-refractivity contribution >= 4 is 17.3 Å². The van der Waals surface area contributed by atoms with Crippen molar-refractivity contribution in [2.75, 3.05) is 40.0 Å². The Balaban J connectivity index is 3.10. The molecule has 0 saturated heterocycles. The van der Waals surface area contributed by atoms with Gasteiger partial charge in [0.25, 0.3) is 0 Å². The molecule has 5 heteroatoms. The van der Waals surface area contributed by atoms with Crippen LogP contribution in [0.1, 0.15) is 19.8 Å². The lowest BCUT2D eigenvalue weighted by molar-refractivity contribution is 0.0734. The second-order valence-corrected chi connectivity index (χ2v) is 3.55. The van der Waals surface area contributed by atoms with Gasteiger partial charge in [-0.15, -0.1) is 0 Å². The fourth-order valence-electron chi connectivity index (χ4n) is 0.922. The third kappa shape index (κ3) is 11.5. The van der Waals surface area contributed by atoms with Gasteiger partial charge < -0.3 is 20.1 Å². The molecule has 0 spiro atoms. The van der Waals surface area contributed by atoms with E-state index in [0.717, 1.165) is 19.5 Å². The lowest BCUT2D eigenvalue weighted by Crippen LogP contribution is -2.37. The quantitative estimate of drug-likeness (QED) is 0.458. The highest BCUT2D eigenvalue weighted by Crippen LogP contribution is 1.82. The zero-order valence-corrected chi connectivity index (χ0v) is 10.5. The molecule has 0 aliphatic carbocycles. The number of hydrogen-bond donors (Lipinski definition) is 2. The summed E-state index contributed by atoms with van der Waals surface area (Å²) >= 11 is 5.07. The maximum absolute atomic E-state index is 5.28. The van der Waals surface area contributed by atoms with Gasteiger partial charge in [-0.05, 0) is 18.6 Å². The molecule has 0 rings (SSSR count). The third-order valence-corrected chi connectivity index (χ3v) is 2.07. The van der Waals surface area contributed by atoms with Crippen LogP contribution in [0.3, 0.4) is 0 Å². The topological polar surface area (TPSA) is 42.5 Å². The maximum Gasteiger partial charge on any atom is 0.166 e. The molecular weight excluding hydrogens is 212 g/mol. The summed E-state index contributed by atoms with van der Waals surface area (Å²) in [4.78, 5) is 0. The SMILES string of the molecule is CCCCNC(=S)NCCOCCOC. The Kier molecular flexibility index (Phi) is 11.4. The summed E-state index contributed by atoms with van der Waals surface area (Å²) in [6.45, 7) is 5.75. The van der Waals surface area contributed by atoms with Crippen LogP contribution in [-0.2, 0) is 9.47 Å². The molecule has 0 unspecified atom stereocenters. The predicted molar refractivity (Wildman–Crippen MR) is 66.2 cm³/mol. The molecule has 15 heavy (non-hydrogen) atoms. The van der Waals surface area contributed by atoms with Gasteiger partial charge in [-0.1, -0.05) is 13.3 Å². The van der Waals surface area contributed by atoms with Gasteiger partial charge in [-0.2, -0.15) is 0 Å². The summed E-state index contributed by atoms with van der Waals surface area (Å²) in [5, 5.41) is 6.91. The molecule has 0 radical (unpaired) electrons. The molecule has 4 nitrogen and oxygen atoms in total. The number of rotatable bonds is 9. The van der Waals surface area contributed by atoms with Crippen molar-refractivity contribution in [3.8, 4) is 0 Å². The first kappa shape index (κ1) is 14.6. The van der Waals surface area contributed by atoms with E-state index in [9.17, 15) is 0 Å². The summed E-state index contributed by atoms with van der Waals surface area (Å²) in [7, 11) is 1.66. The average molecular weight is 234 g/mol. The van der Waals surface area contributed by atoms with Gasteiger partial charge in [0, 0.05) is 20.2 Å². The Labute approximate surface area is 97.7 Å². The Hall–Kier alpha value is -0.390. The van der Waals surface area contributed by atoms with Gasteiger partial charge in [0.2, 0.25) is 0 Å². The molecule has 2 N–H and O–H groups in total. The van der Waals surface area contributed by atoms with Gasteiger partial charge in [0.15, 0.2) is 5.11 Å².